The van der Waals surface area contributed by atoms with Crippen LogP contribution >= 0.6 is 0 Å². The van der Waals surface area contributed by atoms with Crippen LogP contribution in [0.3, 0.4) is 0 Å². The van der Waals surface area contributed by atoms with Gasteiger partial charge in [0.25, 0.3) is 0 Å². The minimum absolute atomic E-state index is 0.0884. The summed E-state index contributed by atoms with van der Waals surface area (Å²) >= 11 is 0. The van der Waals surface area contributed by atoms with Crippen molar-refractivity contribution < 1.29 is 24.3 Å². The van der Waals surface area contributed by atoms with Gasteiger partial charge in [0.1, 0.15) is 0 Å². The Morgan fingerprint density at radius 1 is 1.24 bits per heavy atom. The average Bonchev–Trinajstić information content (AvgIpc) is 2.29. The molecule has 0 aromatic carbocycles. The molecule has 0 aliphatic heterocycles. The van der Waals surface area contributed by atoms with Gasteiger partial charge in [-0.3, -0.25) is 4.79 Å². The second-order valence-corrected chi connectivity index (χ2v) is 4.00. The maximum Gasteiger partial charge on any atom is 0.361 e. The predicted octanol–water partition coefficient (Wildman–Crippen LogP) is 0.990. The largest absolute Gasteiger partial charge is 0.476 e. The molecule has 1 rings (SSSR count). The van der Waals surface area contributed by atoms with Gasteiger partial charge in [0.2, 0.25) is 5.71 Å². The summed E-state index contributed by atoms with van der Waals surface area (Å²) in [6.07, 6.45) is 3.30. The van der Waals surface area contributed by atoms with Gasteiger partial charge in [-0.15, -0.1) is 0 Å². The molecule has 0 spiro atoms. The summed E-state index contributed by atoms with van der Waals surface area (Å²) in [6.45, 7) is 1.14. The van der Waals surface area contributed by atoms with Crippen LogP contribution in [0.2, 0.25) is 0 Å². The van der Waals surface area contributed by atoms with E-state index in [1.807, 2.05) is 0 Å². The van der Waals surface area contributed by atoms with Gasteiger partial charge in [-0.2, -0.15) is 0 Å². The lowest BCUT2D eigenvalue weighted by Gasteiger charge is -2.28. The second-order valence-electron chi connectivity index (χ2n) is 4.00. The van der Waals surface area contributed by atoms with Crippen LogP contribution in [0, 0.1) is 0 Å². The summed E-state index contributed by atoms with van der Waals surface area (Å²) in [5.41, 5.74) is -0.578. The summed E-state index contributed by atoms with van der Waals surface area (Å²) in [5, 5.41) is 12.2. The first-order valence-electron chi connectivity index (χ1n) is 5.57. The van der Waals surface area contributed by atoms with E-state index >= 15 is 0 Å². The average molecular weight is 243 g/mol. The molecule has 1 fully saturated rings. The molecule has 0 aromatic rings. The number of carbonyl (C=O) groups is 2. The highest BCUT2D eigenvalue weighted by atomic mass is 16.7. The van der Waals surface area contributed by atoms with Crippen molar-refractivity contribution in [3.63, 3.8) is 0 Å². The van der Waals surface area contributed by atoms with Crippen LogP contribution in [0.5, 0.6) is 0 Å². The van der Waals surface area contributed by atoms with Crippen LogP contribution in [-0.2, 0) is 19.2 Å². The molecule has 0 amide bonds. The number of carbonyl (C=O) groups excluding carboxylic acids is 1. The van der Waals surface area contributed by atoms with E-state index in [4.69, 9.17) is 14.7 Å². The Kier molecular flexibility index (Phi) is 5.09. The van der Waals surface area contributed by atoms with Crippen LogP contribution in [0.25, 0.3) is 0 Å². The lowest BCUT2D eigenvalue weighted by atomic mass is 9.95. The van der Waals surface area contributed by atoms with E-state index in [9.17, 15) is 9.59 Å². The molecule has 0 aromatic heterocycles. The number of ether oxygens (including phenoxy) is 1. The SMILES string of the molecule is COC1CCCCC1O/N=C(/C(C)=O)C(=O)O. The van der Waals surface area contributed by atoms with Crippen LogP contribution < -0.4 is 0 Å². The van der Waals surface area contributed by atoms with Gasteiger partial charge in [0.05, 0.1) is 6.10 Å². The van der Waals surface area contributed by atoms with E-state index in [1.54, 1.807) is 7.11 Å². The molecule has 6 nitrogen and oxygen atoms in total. The quantitative estimate of drug-likeness (QED) is 0.442. The normalized spacial score (nSPS) is 25.4. The number of aliphatic carboxylic acids is 1. The van der Waals surface area contributed by atoms with Gasteiger partial charge >= 0.3 is 5.97 Å². The zero-order valence-corrected chi connectivity index (χ0v) is 10.0. The van der Waals surface area contributed by atoms with Crippen LogP contribution in [0.4, 0.5) is 0 Å². The van der Waals surface area contributed by atoms with E-state index in [1.165, 1.54) is 0 Å². The third kappa shape index (κ3) is 3.81. The van der Waals surface area contributed by atoms with Crippen LogP contribution in [-0.4, -0.2) is 41.9 Å². The third-order valence-corrected chi connectivity index (χ3v) is 2.76. The maximum atomic E-state index is 11.0. The second kappa shape index (κ2) is 6.34. The van der Waals surface area contributed by atoms with Crippen molar-refractivity contribution in [1.82, 2.24) is 0 Å². The molecule has 1 aliphatic rings. The number of methoxy groups -OCH3 is 1. The lowest BCUT2D eigenvalue weighted by Crippen LogP contribution is -2.33. The van der Waals surface area contributed by atoms with Gasteiger partial charge < -0.3 is 14.7 Å². The van der Waals surface area contributed by atoms with Gasteiger partial charge in [0, 0.05) is 14.0 Å². The Morgan fingerprint density at radius 2 is 1.82 bits per heavy atom. The number of nitrogens with zero attached hydrogens (tertiary/aromatic N) is 1. The van der Waals surface area contributed by atoms with Gasteiger partial charge in [0.15, 0.2) is 11.9 Å². The number of Topliss-reactive ketones (excluding diaryl/α,β-unsaturated/α-hetero) is 1. The first-order chi connectivity index (χ1) is 8.06. The Hall–Kier alpha value is -1.43. The minimum atomic E-state index is -1.37. The van der Waals surface area contributed by atoms with Crippen molar-refractivity contribution in [1.29, 1.82) is 0 Å². The summed E-state index contributed by atoms with van der Waals surface area (Å²) in [7, 11) is 1.58. The fraction of sp³-hybridized carbons (Fsp3) is 0.727. The molecule has 1 saturated carbocycles. The molecule has 0 radical (unpaired) electrons. The van der Waals surface area contributed by atoms with Crippen molar-refractivity contribution in [2.24, 2.45) is 5.16 Å². The third-order valence-electron chi connectivity index (χ3n) is 2.76. The zero-order valence-electron chi connectivity index (χ0n) is 10.0. The summed E-state index contributed by atoms with van der Waals surface area (Å²) in [4.78, 5) is 26.8. The molecule has 96 valence electrons. The standard InChI is InChI=1S/C11H17NO5/c1-7(13)10(11(14)15)12-17-9-6-4-3-5-8(9)16-2/h8-9H,3-6H2,1-2H3,(H,14,15)/b12-10-. The van der Waals surface area contributed by atoms with E-state index in [2.05, 4.69) is 5.16 Å². The highest BCUT2D eigenvalue weighted by Crippen LogP contribution is 2.23. The molecular formula is C11H17NO5. The maximum absolute atomic E-state index is 11.0. The zero-order chi connectivity index (χ0) is 12.8. The van der Waals surface area contributed by atoms with E-state index in [0.717, 1.165) is 32.6 Å². The van der Waals surface area contributed by atoms with Crippen molar-refractivity contribution in [2.45, 2.75) is 44.8 Å². The highest BCUT2D eigenvalue weighted by Gasteiger charge is 2.27. The van der Waals surface area contributed by atoms with Crippen molar-refractivity contribution in [2.75, 3.05) is 7.11 Å². The number of carboxylic acid groups (broad SMARTS) is 1. The first-order valence-corrected chi connectivity index (χ1v) is 5.57. The number of rotatable bonds is 5. The molecule has 2 unspecified atom stereocenters. The predicted molar refractivity (Wildman–Crippen MR) is 59.9 cm³/mol. The van der Waals surface area contributed by atoms with Crippen molar-refractivity contribution >= 4 is 17.5 Å². The molecule has 0 saturated heterocycles. The van der Waals surface area contributed by atoms with Crippen molar-refractivity contribution in [3.05, 3.63) is 0 Å². The minimum Gasteiger partial charge on any atom is -0.476 e. The molecule has 2 atom stereocenters. The molecule has 6 heteroatoms. The Balaban J connectivity index is 2.65. The van der Waals surface area contributed by atoms with Crippen molar-refractivity contribution in [3.8, 4) is 0 Å². The van der Waals surface area contributed by atoms with Crippen LogP contribution in [0.15, 0.2) is 5.16 Å². The smallest absolute Gasteiger partial charge is 0.361 e. The summed E-state index contributed by atoms with van der Waals surface area (Å²) in [6, 6.07) is 0. The Labute approximate surface area is 99.6 Å². The number of hydrogen-bond donors (Lipinski definition) is 1. The first kappa shape index (κ1) is 13.6. The van der Waals surface area contributed by atoms with E-state index in [-0.39, 0.29) is 12.2 Å². The molecule has 0 bridgehead atoms. The number of ketones is 1. The fourth-order valence-electron chi connectivity index (χ4n) is 1.83. The monoisotopic (exact) mass is 243 g/mol. The lowest BCUT2D eigenvalue weighted by molar-refractivity contribution is -0.131. The number of carboxylic acids is 1. The van der Waals surface area contributed by atoms with Crippen LogP contribution in [0.1, 0.15) is 32.6 Å². The number of oxime groups is 1. The highest BCUT2D eigenvalue weighted by molar-refractivity contribution is 6.63. The van der Waals surface area contributed by atoms with Gasteiger partial charge in [-0.25, -0.2) is 4.79 Å². The fourth-order valence-corrected chi connectivity index (χ4v) is 1.83. The Morgan fingerprint density at radius 3 is 2.29 bits per heavy atom. The molecular weight excluding hydrogens is 226 g/mol. The molecule has 0 heterocycles. The summed E-state index contributed by atoms with van der Waals surface area (Å²) in [5.74, 6) is -2.00. The Bertz CT molecular complexity index is 310. The summed E-state index contributed by atoms with van der Waals surface area (Å²) < 4.78 is 5.23. The molecule has 1 N–H and O–H groups in total. The molecule has 17 heavy (non-hydrogen) atoms. The molecule has 1 aliphatic carbocycles. The van der Waals surface area contributed by atoms with E-state index < -0.39 is 17.5 Å². The number of hydrogen-bond acceptors (Lipinski definition) is 5. The van der Waals surface area contributed by atoms with Gasteiger partial charge in [-0.05, 0) is 19.3 Å². The van der Waals surface area contributed by atoms with E-state index in [0.29, 0.717) is 0 Å². The topological polar surface area (TPSA) is 85.2 Å². The van der Waals surface area contributed by atoms with Gasteiger partial charge in [-0.1, -0.05) is 11.6 Å².